The fraction of sp³-hybridized carbons (Fsp3) is 0.367. The minimum atomic E-state index is 0.0289. The molecule has 1 atom stereocenters. The largest absolute Gasteiger partial charge is 0.454 e. The van der Waals surface area contributed by atoms with Gasteiger partial charge >= 0.3 is 0 Å². The number of aliphatic imine (C=N–C) groups is 1. The van der Waals surface area contributed by atoms with Crippen molar-refractivity contribution in [2.45, 2.75) is 40.2 Å². The zero-order valence-electron chi connectivity index (χ0n) is 22.7. The lowest BCUT2D eigenvalue weighted by atomic mass is 9.90. The molecule has 0 aliphatic carbocycles. The second-order valence-corrected chi connectivity index (χ2v) is 10.4. The molecule has 202 valence electrons. The Hall–Kier alpha value is -3.39. The third-order valence-electron chi connectivity index (χ3n) is 6.27. The highest BCUT2D eigenvalue weighted by molar-refractivity contribution is 9.12. The number of likely N-dealkylation sites (tertiary alicyclic amines) is 1. The number of aromatic nitrogens is 1. The Morgan fingerprint density at radius 3 is 2.74 bits per heavy atom. The van der Waals surface area contributed by atoms with Crippen molar-refractivity contribution in [3.8, 4) is 11.5 Å². The normalized spacial score (nSPS) is 16.5. The van der Waals surface area contributed by atoms with Crippen LogP contribution in [0, 0.1) is 5.92 Å². The van der Waals surface area contributed by atoms with Crippen LogP contribution in [0.15, 0.2) is 81.7 Å². The van der Waals surface area contributed by atoms with Crippen LogP contribution in [0.1, 0.15) is 49.5 Å². The highest BCUT2D eigenvalue weighted by Gasteiger charge is 2.26. The van der Waals surface area contributed by atoms with Crippen LogP contribution in [-0.2, 0) is 6.54 Å². The van der Waals surface area contributed by atoms with Crippen LogP contribution in [0.25, 0.3) is 0 Å². The van der Waals surface area contributed by atoms with E-state index in [1.165, 1.54) is 5.57 Å². The fourth-order valence-corrected chi connectivity index (χ4v) is 4.31. The van der Waals surface area contributed by atoms with Gasteiger partial charge < -0.3 is 19.7 Å². The van der Waals surface area contributed by atoms with E-state index in [1.54, 1.807) is 37.7 Å². The van der Waals surface area contributed by atoms with Crippen molar-refractivity contribution < 1.29 is 14.3 Å². The molecular weight excluding hydrogens is 544 g/mol. The maximum absolute atomic E-state index is 13.0. The number of allylic oxidation sites excluding steroid dienone is 4. The zero-order valence-corrected chi connectivity index (χ0v) is 24.3. The molecule has 0 spiro atoms. The maximum Gasteiger partial charge on any atom is 0.254 e. The number of hydrogen-bond donors (Lipinski definition) is 1. The van der Waals surface area contributed by atoms with E-state index in [2.05, 4.69) is 43.9 Å². The van der Waals surface area contributed by atoms with Gasteiger partial charge in [0.1, 0.15) is 0 Å². The van der Waals surface area contributed by atoms with Crippen molar-refractivity contribution in [1.29, 1.82) is 0 Å². The standard InChI is InChI=1S/C24H27N3O3.C6H10BrN/c1-17(11-18(2)26-14-19-5-3-9-25-13-19)21-6-4-10-27(15-21)24(28)20-7-8-22-23(12-20)30-16-29-22;1-5(2)6(7)4-8-3/h3,5,7-9,11-13,21,26H,1,4,6,10,14-16H2,2H3;4H,1-3H3/b18-11+;. The molecule has 0 radical (unpaired) electrons. The summed E-state index contributed by atoms with van der Waals surface area (Å²) in [5, 5.41) is 3.41. The molecule has 2 aliphatic heterocycles. The lowest BCUT2D eigenvalue weighted by Crippen LogP contribution is -2.40. The predicted octanol–water partition coefficient (Wildman–Crippen LogP) is 6.29. The van der Waals surface area contributed by atoms with Gasteiger partial charge in [-0.1, -0.05) is 18.2 Å². The molecule has 1 unspecified atom stereocenters. The van der Waals surface area contributed by atoms with Crippen molar-refractivity contribution in [1.82, 2.24) is 15.2 Å². The first-order valence-corrected chi connectivity index (χ1v) is 13.5. The number of halogens is 1. The summed E-state index contributed by atoms with van der Waals surface area (Å²) in [6.07, 6.45) is 9.51. The number of pyridine rings is 1. The first kappa shape index (κ1) is 29.2. The maximum atomic E-state index is 13.0. The zero-order chi connectivity index (χ0) is 27.5. The second kappa shape index (κ2) is 14.5. The van der Waals surface area contributed by atoms with Crippen LogP contribution in [0.5, 0.6) is 11.5 Å². The Morgan fingerprint density at radius 2 is 2.05 bits per heavy atom. The molecule has 8 heteroatoms. The molecule has 1 aromatic carbocycles. The van der Waals surface area contributed by atoms with Gasteiger partial charge in [0.25, 0.3) is 5.91 Å². The van der Waals surface area contributed by atoms with Gasteiger partial charge in [0.05, 0.1) is 0 Å². The third-order valence-corrected chi connectivity index (χ3v) is 7.27. The van der Waals surface area contributed by atoms with Gasteiger partial charge in [-0.15, -0.1) is 0 Å². The van der Waals surface area contributed by atoms with Gasteiger partial charge in [0, 0.05) is 67.0 Å². The van der Waals surface area contributed by atoms with Gasteiger partial charge in [0.2, 0.25) is 6.79 Å². The molecule has 1 saturated heterocycles. The van der Waals surface area contributed by atoms with E-state index < -0.39 is 0 Å². The van der Waals surface area contributed by atoms with Crippen LogP contribution in [0.4, 0.5) is 0 Å². The molecule has 1 aromatic heterocycles. The highest BCUT2D eigenvalue weighted by Crippen LogP contribution is 2.33. The van der Waals surface area contributed by atoms with Gasteiger partial charge in [-0.2, -0.15) is 0 Å². The molecule has 1 fully saturated rings. The number of carbonyl (C=O) groups excluding carboxylic acids is 1. The van der Waals surface area contributed by atoms with Crippen molar-refractivity contribution in [2.75, 3.05) is 26.9 Å². The van der Waals surface area contributed by atoms with E-state index in [-0.39, 0.29) is 18.6 Å². The molecule has 2 aliphatic rings. The number of piperidine rings is 1. The number of benzene rings is 1. The van der Waals surface area contributed by atoms with Crippen LogP contribution in [-0.4, -0.2) is 48.9 Å². The van der Waals surface area contributed by atoms with Crippen molar-refractivity contribution >= 4 is 28.1 Å². The average Bonchev–Trinajstić information content (AvgIpc) is 3.41. The number of amides is 1. The number of nitrogens with zero attached hydrogens (tertiary/aromatic N) is 3. The van der Waals surface area contributed by atoms with Crippen molar-refractivity contribution in [3.05, 3.63) is 87.8 Å². The lowest BCUT2D eigenvalue weighted by molar-refractivity contribution is 0.0692. The molecule has 0 bridgehead atoms. The monoisotopic (exact) mass is 580 g/mol. The molecule has 2 aromatic rings. The molecule has 1 amide bonds. The molecule has 38 heavy (non-hydrogen) atoms. The lowest BCUT2D eigenvalue weighted by Gasteiger charge is -2.33. The van der Waals surface area contributed by atoms with Gasteiger partial charge in [0.15, 0.2) is 11.5 Å². The number of hydrogen-bond acceptors (Lipinski definition) is 6. The Kier molecular flexibility index (Phi) is 11.1. The quantitative estimate of drug-likeness (QED) is 0.307. The first-order chi connectivity index (χ1) is 18.3. The Bertz CT molecular complexity index is 1200. The van der Waals surface area contributed by atoms with Crippen LogP contribution in [0.2, 0.25) is 0 Å². The molecule has 0 saturated carbocycles. The Morgan fingerprint density at radius 1 is 1.26 bits per heavy atom. The minimum Gasteiger partial charge on any atom is -0.454 e. The average molecular weight is 582 g/mol. The van der Waals surface area contributed by atoms with Crippen LogP contribution < -0.4 is 14.8 Å². The highest BCUT2D eigenvalue weighted by atomic mass is 79.9. The molecule has 4 rings (SSSR count). The second-order valence-electron chi connectivity index (χ2n) is 9.51. The Labute approximate surface area is 234 Å². The molecule has 7 nitrogen and oxygen atoms in total. The summed E-state index contributed by atoms with van der Waals surface area (Å²) >= 11 is 3.33. The summed E-state index contributed by atoms with van der Waals surface area (Å²) in [5.74, 6) is 1.61. The molecular formula is C30H37BrN4O3. The van der Waals surface area contributed by atoms with E-state index in [0.29, 0.717) is 23.6 Å². The van der Waals surface area contributed by atoms with Crippen molar-refractivity contribution in [2.24, 2.45) is 10.9 Å². The third kappa shape index (κ3) is 8.58. The topological polar surface area (TPSA) is 76.1 Å². The summed E-state index contributed by atoms with van der Waals surface area (Å²) in [4.78, 5) is 22.9. The van der Waals surface area contributed by atoms with E-state index in [9.17, 15) is 4.79 Å². The van der Waals surface area contributed by atoms with E-state index >= 15 is 0 Å². The smallest absolute Gasteiger partial charge is 0.254 e. The fourth-order valence-electron chi connectivity index (χ4n) is 4.11. The van der Waals surface area contributed by atoms with E-state index in [0.717, 1.165) is 47.2 Å². The van der Waals surface area contributed by atoms with Gasteiger partial charge in [-0.25, -0.2) is 0 Å². The van der Waals surface area contributed by atoms with Crippen LogP contribution in [0.3, 0.4) is 0 Å². The van der Waals surface area contributed by atoms with Crippen LogP contribution >= 0.6 is 15.9 Å². The molecule has 3 heterocycles. The predicted molar refractivity (Wildman–Crippen MR) is 157 cm³/mol. The summed E-state index contributed by atoms with van der Waals surface area (Å²) in [5.41, 5.74) is 5.12. The summed E-state index contributed by atoms with van der Waals surface area (Å²) in [7, 11) is 1.75. The summed E-state index contributed by atoms with van der Waals surface area (Å²) in [6.45, 7) is 12.8. The number of carbonyl (C=O) groups is 1. The Balaban J connectivity index is 0.000000436. The van der Waals surface area contributed by atoms with Crippen molar-refractivity contribution in [3.63, 3.8) is 0 Å². The van der Waals surface area contributed by atoms with Gasteiger partial charge in [-0.05, 0) is 91.0 Å². The van der Waals surface area contributed by atoms with E-state index in [1.807, 2.05) is 44.0 Å². The number of nitrogens with one attached hydrogen (secondary N) is 1. The SMILES string of the molecule is C=C(/C=C(\C)NCc1cccnc1)C1CCCN(C(=O)c2ccc3c(c2)OCO3)C1.CN=CC(Br)=C(C)C. The number of fused-ring (bicyclic) bond motifs is 1. The molecule has 1 N–H and O–H groups in total. The number of rotatable bonds is 7. The number of ether oxygens (including phenoxy) is 2. The summed E-state index contributed by atoms with van der Waals surface area (Å²) in [6, 6.07) is 9.36. The van der Waals surface area contributed by atoms with E-state index in [4.69, 9.17) is 9.47 Å². The first-order valence-electron chi connectivity index (χ1n) is 12.7. The van der Waals surface area contributed by atoms with Gasteiger partial charge in [-0.3, -0.25) is 14.8 Å². The minimum absolute atomic E-state index is 0.0289. The summed E-state index contributed by atoms with van der Waals surface area (Å²) < 4.78 is 11.8.